The molecular formula is C5H11NO. The van der Waals surface area contributed by atoms with Crippen LogP contribution in [-0.4, -0.2) is 25.8 Å². The lowest BCUT2D eigenvalue weighted by molar-refractivity contribution is 0.375. The first-order valence-corrected chi connectivity index (χ1v) is 2.64. The van der Waals surface area contributed by atoms with E-state index in [4.69, 9.17) is 4.74 Å². The second-order valence-electron chi connectivity index (χ2n) is 1.94. The molecule has 0 radical (unpaired) electrons. The summed E-state index contributed by atoms with van der Waals surface area (Å²) in [4.78, 5) is 0. The summed E-state index contributed by atoms with van der Waals surface area (Å²) in [5.41, 5.74) is 0. The van der Waals surface area contributed by atoms with E-state index >= 15 is 0 Å². The molecule has 2 unspecified atom stereocenters. The molecule has 2 nitrogen and oxygen atoms in total. The predicted octanol–water partition coefficient (Wildman–Crippen LogP) is -0.00690. The normalized spacial score (nSPS) is 38.6. The van der Waals surface area contributed by atoms with E-state index in [2.05, 4.69) is 12.2 Å². The van der Waals surface area contributed by atoms with Crippen molar-refractivity contribution in [2.75, 3.05) is 13.6 Å². The molecular weight excluding hydrogens is 90.1 g/mol. The van der Waals surface area contributed by atoms with Crippen molar-refractivity contribution in [3.05, 3.63) is 0 Å². The average Bonchev–Trinajstić information content (AvgIpc) is 2.22. The fourth-order valence-corrected chi connectivity index (χ4v) is 0.646. The van der Waals surface area contributed by atoms with Crippen LogP contribution in [0.5, 0.6) is 0 Å². The Morgan fingerprint density at radius 3 is 2.43 bits per heavy atom. The highest BCUT2D eigenvalue weighted by atomic mass is 16.6. The lowest BCUT2D eigenvalue weighted by atomic mass is 10.3. The van der Waals surface area contributed by atoms with Crippen LogP contribution in [0.25, 0.3) is 0 Å². The van der Waals surface area contributed by atoms with Gasteiger partial charge in [-0.3, -0.25) is 0 Å². The lowest BCUT2D eigenvalue weighted by Crippen LogP contribution is -2.14. The first-order valence-electron chi connectivity index (χ1n) is 2.64. The van der Waals surface area contributed by atoms with Crippen LogP contribution in [0.4, 0.5) is 0 Å². The van der Waals surface area contributed by atoms with Crippen molar-refractivity contribution >= 4 is 0 Å². The third-order valence-electron chi connectivity index (χ3n) is 1.24. The summed E-state index contributed by atoms with van der Waals surface area (Å²) in [7, 11) is 1.94. The average molecular weight is 101 g/mol. The summed E-state index contributed by atoms with van der Waals surface area (Å²) in [5, 5.41) is 3.04. The van der Waals surface area contributed by atoms with Crippen molar-refractivity contribution in [1.82, 2.24) is 5.32 Å². The van der Waals surface area contributed by atoms with Gasteiger partial charge in [0.1, 0.15) is 0 Å². The van der Waals surface area contributed by atoms with Gasteiger partial charge in [-0.1, -0.05) is 0 Å². The molecule has 0 bridgehead atoms. The number of epoxide rings is 1. The summed E-state index contributed by atoms with van der Waals surface area (Å²) < 4.78 is 5.09. The van der Waals surface area contributed by atoms with Crippen molar-refractivity contribution in [3.8, 4) is 0 Å². The zero-order chi connectivity index (χ0) is 5.28. The Labute approximate surface area is 43.9 Å². The zero-order valence-corrected chi connectivity index (χ0v) is 4.77. The van der Waals surface area contributed by atoms with Gasteiger partial charge in [-0.2, -0.15) is 0 Å². The van der Waals surface area contributed by atoms with Crippen LogP contribution in [-0.2, 0) is 4.74 Å². The van der Waals surface area contributed by atoms with Crippen LogP contribution in [0.15, 0.2) is 0 Å². The van der Waals surface area contributed by atoms with E-state index in [1.807, 2.05) is 7.05 Å². The van der Waals surface area contributed by atoms with Crippen LogP contribution in [0.3, 0.4) is 0 Å². The van der Waals surface area contributed by atoms with Gasteiger partial charge in [-0.25, -0.2) is 0 Å². The minimum atomic E-state index is 0.505. The minimum absolute atomic E-state index is 0.505. The smallest absolute Gasteiger partial charge is 0.0962 e. The van der Waals surface area contributed by atoms with Crippen LogP contribution < -0.4 is 5.32 Å². The first-order chi connectivity index (χ1) is 3.34. The Balaban J connectivity index is 1.98. The number of hydrogen-bond acceptors (Lipinski definition) is 2. The van der Waals surface area contributed by atoms with Crippen molar-refractivity contribution in [3.63, 3.8) is 0 Å². The van der Waals surface area contributed by atoms with Gasteiger partial charge < -0.3 is 10.1 Å². The Morgan fingerprint density at radius 2 is 2.29 bits per heavy atom. The summed E-state index contributed by atoms with van der Waals surface area (Å²) in [6.45, 7) is 3.09. The molecule has 0 aromatic heterocycles. The van der Waals surface area contributed by atoms with E-state index in [1.165, 1.54) is 0 Å². The fraction of sp³-hybridized carbons (Fsp3) is 1.00. The maximum Gasteiger partial charge on any atom is 0.0962 e. The largest absolute Gasteiger partial charge is 0.369 e. The van der Waals surface area contributed by atoms with Crippen LogP contribution in [0.1, 0.15) is 6.92 Å². The van der Waals surface area contributed by atoms with E-state index in [9.17, 15) is 0 Å². The second-order valence-corrected chi connectivity index (χ2v) is 1.94. The molecule has 2 heteroatoms. The lowest BCUT2D eigenvalue weighted by Gasteiger charge is -1.86. The van der Waals surface area contributed by atoms with Gasteiger partial charge in [0.25, 0.3) is 0 Å². The van der Waals surface area contributed by atoms with Crippen LogP contribution >= 0.6 is 0 Å². The molecule has 1 fully saturated rings. The SMILES string of the molecule is CNCC1OC1C. The Hall–Kier alpha value is -0.0800. The zero-order valence-electron chi connectivity index (χ0n) is 4.77. The van der Waals surface area contributed by atoms with Crippen molar-refractivity contribution in [2.45, 2.75) is 19.1 Å². The Morgan fingerprint density at radius 1 is 1.71 bits per heavy atom. The van der Waals surface area contributed by atoms with Crippen LogP contribution in [0, 0.1) is 0 Å². The molecule has 1 N–H and O–H groups in total. The molecule has 0 amide bonds. The summed E-state index contributed by atoms with van der Waals surface area (Å²) in [5.74, 6) is 0. The first kappa shape index (κ1) is 5.06. The molecule has 2 atom stereocenters. The standard InChI is InChI=1S/C5H11NO/c1-4-5(7-4)3-6-2/h4-6H,3H2,1-2H3. The van der Waals surface area contributed by atoms with Gasteiger partial charge in [-0.05, 0) is 14.0 Å². The number of rotatable bonds is 2. The molecule has 1 aliphatic rings. The molecule has 0 aliphatic carbocycles. The number of hydrogen-bond donors (Lipinski definition) is 1. The van der Waals surface area contributed by atoms with Crippen molar-refractivity contribution in [1.29, 1.82) is 0 Å². The molecule has 1 saturated heterocycles. The van der Waals surface area contributed by atoms with E-state index in [1.54, 1.807) is 0 Å². The van der Waals surface area contributed by atoms with Crippen molar-refractivity contribution in [2.24, 2.45) is 0 Å². The summed E-state index contributed by atoms with van der Waals surface area (Å²) >= 11 is 0. The highest BCUT2D eigenvalue weighted by Crippen LogP contribution is 2.18. The summed E-state index contributed by atoms with van der Waals surface area (Å²) in [6, 6.07) is 0. The highest BCUT2D eigenvalue weighted by Gasteiger charge is 2.32. The molecule has 7 heavy (non-hydrogen) atoms. The maximum atomic E-state index is 5.09. The van der Waals surface area contributed by atoms with Crippen molar-refractivity contribution < 1.29 is 4.74 Å². The molecule has 1 rings (SSSR count). The molecule has 0 saturated carbocycles. The van der Waals surface area contributed by atoms with Crippen LogP contribution in [0.2, 0.25) is 0 Å². The van der Waals surface area contributed by atoms with E-state index in [0.717, 1.165) is 6.54 Å². The molecule has 0 spiro atoms. The number of likely N-dealkylation sites (N-methyl/N-ethyl adjacent to an activating group) is 1. The van der Waals surface area contributed by atoms with Gasteiger partial charge in [0.15, 0.2) is 0 Å². The second kappa shape index (κ2) is 1.80. The minimum Gasteiger partial charge on any atom is -0.369 e. The summed E-state index contributed by atoms with van der Waals surface area (Å²) in [6.07, 6.45) is 1.01. The van der Waals surface area contributed by atoms with Gasteiger partial charge in [0.05, 0.1) is 12.2 Å². The topological polar surface area (TPSA) is 24.6 Å². The molecule has 42 valence electrons. The molecule has 1 heterocycles. The predicted molar refractivity (Wildman–Crippen MR) is 28.3 cm³/mol. The quantitative estimate of drug-likeness (QED) is 0.495. The van der Waals surface area contributed by atoms with E-state index in [-0.39, 0.29) is 0 Å². The molecule has 1 aliphatic heterocycles. The Kier molecular flexibility index (Phi) is 1.30. The van der Waals surface area contributed by atoms with Gasteiger partial charge >= 0.3 is 0 Å². The number of nitrogens with one attached hydrogen (secondary N) is 1. The molecule has 0 aromatic rings. The highest BCUT2D eigenvalue weighted by molar-refractivity contribution is 4.81. The monoisotopic (exact) mass is 101 g/mol. The third kappa shape index (κ3) is 1.14. The van der Waals surface area contributed by atoms with Gasteiger partial charge in [0, 0.05) is 6.54 Å². The number of ether oxygens (including phenoxy) is 1. The van der Waals surface area contributed by atoms with Gasteiger partial charge in [0.2, 0.25) is 0 Å². The van der Waals surface area contributed by atoms with E-state index < -0.39 is 0 Å². The van der Waals surface area contributed by atoms with E-state index in [0.29, 0.717) is 12.2 Å². The third-order valence-corrected chi connectivity index (χ3v) is 1.24. The van der Waals surface area contributed by atoms with Gasteiger partial charge in [-0.15, -0.1) is 0 Å². The molecule has 0 aromatic carbocycles. The maximum absolute atomic E-state index is 5.09. The fourth-order valence-electron chi connectivity index (χ4n) is 0.646. The Bertz CT molecular complexity index is 65.1.